The van der Waals surface area contributed by atoms with Crippen LogP contribution in [-0.2, 0) is 5.41 Å². The molecular formula is C13H17NO2. The Kier molecular flexibility index (Phi) is 3.72. The lowest BCUT2D eigenvalue weighted by Crippen LogP contribution is -2.21. The molecule has 3 heteroatoms. The second-order valence-corrected chi connectivity index (χ2v) is 4.51. The van der Waals surface area contributed by atoms with Gasteiger partial charge in [-0.2, -0.15) is 0 Å². The molecule has 1 N–H and O–H groups in total. The van der Waals surface area contributed by atoms with E-state index in [0.717, 1.165) is 0 Å². The highest BCUT2D eigenvalue weighted by Crippen LogP contribution is 2.24. The summed E-state index contributed by atoms with van der Waals surface area (Å²) in [5.74, 6) is 0.521. The number of carbonyl (C=O) groups is 1. The number of carbonyl (C=O) groups excluding carboxylic acids is 1. The van der Waals surface area contributed by atoms with E-state index in [1.54, 1.807) is 12.1 Å². The van der Waals surface area contributed by atoms with E-state index in [4.69, 9.17) is 4.74 Å². The zero-order valence-electron chi connectivity index (χ0n) is 9.91. The third kappa shape index (κ3) is 3.42. The third-order valence-electron chi connectivity index (χ3n) is 2.15. The van der Waals surface area contributed by atoms with E-state index in [-0.39, 0.29) is 5.41 Å². The van der Waals surface area contributed by atoms with E-state index in [1.807, 2.05) is 12.1 Å². The molecule has 0 atom stereocenters. The summed E-state index contributed by atoms with van der Waals surface area (Å²) in [7, 11) is 0. The highest BCUT2D eigenvalue weighted by molar-refractivity contribution is 5.71. The first-order valence-corrected chi connectivity index (χ1v) is 5.13. The summed E-state index contributed by atoms with van der Waals surface area (Å²) in [6.45, 7) is 9.77. The first-order valence-electron chi connectivity index (χ1n) is 5.13. The fourth-order valence-corrected chi connectivity index (χ4v) is 1.24. The minimum atomic E-state index is -0.529. The van der Waals surface area contributed by atoms with Gasteiger partial charge in [0.25, 0.3) is 0 Å². The van der Waals surface area contributed by atoms with E-state index in [9.17, 15) is 4.79 Å². The van der Waals surface area contributed by atoms with Crippen LogP contribution in [-0.4, -0.2) is 6.09 Å². The number of amides is 1. The molecule has 0 saturated heterocycles. The standard InChI is InChI=1S/C13H17NO2/c1-5-14-12(15)16-11-8-6-10(7-9-11)13(2,3)4/h5-9H,1H2,2-4H3,(H,14,15). The number of nitrogens with one attached hydrogen (secondary N) is 1. The lowest BCUT2D eigenvalue weighted by atomic mass is 9.87. The van der Waals surface area contributed by atoms with Gasteiger partial charge in [-0.1, -0.05) is 39.5 Å². The second kappa shape index (κ2) is 4.84. The molecule has 3 nitrogen and oxygen atoms in total. The molecule has 0 aliphatic heterocycles. The lowest BCUT2D eigenvalue weighted by molar-refractivity contribution is 0.204. The highest BCUT2D eigenvalue weighted by Gasteiger charge is 2.13. The largest absolute Gasteiger partial charge is 0.416 e. The summed E-state index contributed by atoms with van der Waals surface area (Å²) in [6, 6.07) is 7.47. The molecule has 86 valence electrons. The summed E-state index contributed by atoms with van der Waals surface area (Å²) in [5, 5.41) is 2.34. The molecule has 0 heterocycles. The van der Waals surface area contributed by atoms with Gasteiger partial charge in [0.2, 0.25) is 0 Å². The van der Waals surface area contributed by atoms with Crippen molar-refractivity contribution in [3.05, 3.63) is 42.6 Å². The average Bonchev–Trinajstić information content (AvgIpc) is 2.17. The van der Waals surface area contributed by atoms with Gasteiger partial charge in [-0.3, -0.25) is 5.32 Å². The van der Waals surface area contributed by atoms with Crippen LogP contribution >= 0.6 is 0 Å². The lowest BCUT2D eigenvalue weighted by Gasteiger charge is -2.18. The number of ether oxygens (including phenoxy) is 1. The molecule has 1 amide bonds. The fourth-order valence-electron chi connectivity index (χ4n) is 1.24. The molecule has 0 aliphatic carbocycles. The van der Waals surface area contributed by atoms with Crippen molar-refractivity contribution in [1.29, 1.82) is 0 Å². The smallest absolute Gasteiger partial charge is 0.410 e. The van der Waals surface area contributed by atoms with Crippen LogP contribution in [0.3, 0.4) is 0 Å². The summed E-state index contributed by atoms with van der Waals surface area (Å²) in [6.07, 6.45) is 0.754. The maximum atomic E-state index is 11.1. The number of hydrogen-bond donors (Lipinski definition) is 1. The molecule has 0 spiro atoms. The van der Waals surface area contributed by atoms with Crippen molar-refractivity contribution in [2.24, 2.45) is 0 Å². The number of rotatable bonds is 2. The van der Waals surface area contributed by atoms with Crippen molar-refractivity contribution in [2.45, 2.75) is 26.2 Å². The van der Waals surface area contributed by atoms with Gasteiger partial charge >= 0.3 is 6.09 Å². The van der Waals surface area contributed by atoms with Crippen LogP contribution in [0, 0.1) is 0 Å². The highest BCUT2D eigenvalue weighted by atomic mass is 16.5. The van der Waals surface area contributed by atoms with Crippen LogP contribution in [0.5, 0.6) is 5.75 Å². The van der Waals surface area contributed by atoms with Crippen LogP contribution in [0.4, 0.5) is 4.79 Å². The van der Waals surface area contributed by atoms with Gasteiger partial charge < -0.3 is 4.74 Å². The van der Waals surface area contributed by atoms with Crippen molar-refractivity contribution in [1.82, 2.24) is 5.32 Å². The Hall–Kier alpha value is -1.77. The van der Waals surface area contributed by atoms with Gasteiger partial charge in [-0.15, -0.1) is 0 Å². The molecular weight excluding hydrogens is 202 g/mol. The van der Waals surface area contributed by atoms with Gasteiger partial charge in [0.15, 0.2) is 0 Å². The minimum Gasteiger partial charge on any atom is -0.410 e. The summed E-state index contributed by atoms with van der Waals surface area (Å²) in [5.41, 5.74) is 1.30. The molecule has 0 saturated carbocycles. The summed E-state index contributed by atoms with van der Waals surface area (Å²) < 4.78 is 5.00. The molecule has 1 rings (SSSR count). The van der Waals surface area contributed by atoms with Gasteiger partial charge in [0.05, 0.1) is 0 Å². The predicted octanol–water partition coefficient (Wildman–Crippen LogP) is 3.22. The fraction of sp³-hybridized carbons (Fsp3) is 0.308. The average molecular weight is 219 g/mol. The van der Waals surface area contributed by atoms with Gasteiger partial charge in [0, 0.05) is 0 Å². The third-order valence-corrected chi connectivity index (χ3v) is 2.15. The monoisotopic (exact) mass is 219 g/mol. The van der Waals surface area contributed by atoms with Crippen molar-refractivity contribution >= 4 is 6.09 Å². The molecule has 0 aliphatic rings. The van der Waals surface area contributed by atoms with E-state index in [2.05, 4.69) is 32.7 Å². The van der Waals surface area contributed by atoms with Crippen LogP contribution in [0.25, 0.3) is 0 Å². The Morgan fingerprint density at radius 1 is 1.31 bits per heavy atom. The Labute approximate surface area is 96.1 Å². The van der Waals surface area contributed by atoms with Gasteiger partial charge in [0.1, 0.15) is 5.75 Å². The van der Waals surface area contributed by atoms with Crippen molar-refractivity contribution in [2.75, 3.05) is 0 Å². The van der Waals surface area contributed by atoms with Gasteiger partial charge in [-0.05, 0) is 29.3 Å². The number of hydrogen-bond acceptors (Lipinski definition) is 2. The van der Waals surface area contributed by atoms with Crippen LogP contribution in [0.2, 0.25) is 0 Å². The summed E-state index contributed by atoms with van der Waals surface area (Å²) >= 11 is 0. The van der Waals surface area contributed by atoms with E-state index >= 15 is 0 Å². The summed E-state index contributed by atoms with van der Waals surface area (Å²) in [4.78, 5) is 11.1. The Bertz CT molecular complexity index is 374. The number of benzene rings is 1. The second-order valence-electron chi connectivity index (χ2n) is 4.51. The normalized spacial score (nSPS) is 10.7. The zero-order chi connectivity index (χ0) is 12.2. The van der Waals surface area contributed by atoms with E-state index in [0.29, 0.717) is 5.75 Å². The Morgan fingerprint density at radius 2 is 1.88 bits per heavy atom. The Morgan fingerprint density at radius 3 is 2.31 bits per heavy atom. The zero-order valence-corrected chi connectivity index (χ0v) is 9.91. The molecule has 0 radical (unpaired) electrons. The molecule has 1 aromatic carbocycles. The van der Waals surface area contributed by atoms with Crippen LogP contribution in [0.15, 0.2) is 37.0 Å². The van der Waals surface area contributed by atoms with Crippen molar-refractivity contribution < 1.29 is 9.53 Å². The van der Waals surface area contributed by atoms with E-state index in [1.165, 1.54) is 11.8 Å². The van der Waals surface area contributed by atoms with Crippen LogP contribution in [0.1, 0.15) is 26.3 Å². The Balaban J connectivity index is 2.72. The quantitative estimate of drug-likeness (QED) is 0.829. The molecule has 16 heavy (non-hydrogen) atoms. The molecule has 0 bridgehead atoms. The first kappa shape index (κ1) is 12.3. The minimum absolute atomic E-state index is 0.0991. The molecule has 1 aromatic rings. The van der Waals surface area contributed by atoms with Crippen LogP contribution < -0.4 is 10.1 Å². The molecule has 0 aromatic heterocycles. The molecule has 0 fully saturated rings. The maximum Gasteiger partial charge on any atom is 0.416 e. The SMILES string of the molecule is C=CNC(=O)Oc1ccc(C(C)(C)C)cc1. The topological polar surface area (TPSA) is 38.3 Å². The van der Waals surface area contributed by atoms with E-state index < -0.39 is 6.09 Å². The predicted molar refractivity (Wildman–Crippen MR) is 64.5 cm³/mol. The van der Waals surface area contributed by atoms with Gasteiger partial charge in [-0.25, -0.2) is 4.79 Å². The molecule has 0 unspecified atom stereocenters. The maximum absolute atomic E-state index is 11.1. The van der Waals surface area contributed by atoms with Crippen molar-refractivity contribution in [3.8, 4) is 5.75 Å². The first-order chi connectivity index (χ1) is 7.43. The van der Waals surface area contributed by atoms with Crippen molar-refractivity contribution in [3.63, 3.8) is 0 Å².